The topological polar surface area (TPSA) is 128 Å². The number of H-pyrrole nitrogens is 1. The van der Waals surface area contributed by atoms with Crippen molar-refractivity contribution in [3.63, 3.8) is 0 Å². The normalized spacial score (nSPS) is 12.6. The number of aryl methyl sites for hydroxylation is 2. The molecule has 0 aliphatic heterocycles. The molecule has 2 aromatic carbocycles. The predicted octanol–water partition coefficient (Wildman–Crippen LogP) is 3.56. The van der Waals surface area contributed by atoms with Gasteiger partial charge in [0.15, 0.2) is 0 Å². The largest absolute Gasteiger partial charge is 0.434 e. The number of halogens is 1. The van der Waals surface area contributed by atoms with Crippen LogP contribution in [0.1, 0.15) is 64.3 Å². The molecule has 31 heavy (non-hydrogen) atoms. The lowest BCUT2D eigenvalue weighted by molar-refractivity contribution is 0.0997. The van der Waals surface area contributed by atoms with E-state index >= 15 is 0 Å². The first-order valence-corrected chi connectivity index (χ1v) is 10.2. The highest BCUT2D eigenvalue weighted by molar-refractivity contribution is 7.80. The summed E-state index contributed by atoms with van der Waals surface area (Å²) in [5, 5.41) is 5.84. The predicted molar refractivity (Wildman–Crippen MR) is 120 cm³/mol. The monoisotopic (exact) mass is 446 g/mol. The molecule has 166 valence electrons. The Kier molecular flexibility index (Phi) is 8.18. The Balaban J connectivity index is 0.000000245. The number of carbonyl (C=O) groups is 1. The van der Waals surface area contributed by atoms with E-state index in [9.17, 15) is 14.0 Å². The van der Waals surface area contributed by atoms with Crippen LogP contribution < -0.4 is 17.2 Å². The first-order valence-electron chi connectivity index (χ1n) is 9.75. The molecule has 0 saturated carbocycles. The van der Waals surface area contributed by atoms with E-state index in [1.54, 1.807) is 25.1 Å². The fourth-order valence-electron chi connectivity index (χ4n) is 3.14. The highest BCUT2D eigenvalue weighted by Crippen LogP contribution is 2.32. The zero-order chi connectivity index (χ0) is 23.3. The Morgan fingerprint density at radius 3 is 2.52 bits per heavy atom. The van der Waals surface area contributed by atoms with Gasteiger partial charge in [-0.1, -0.05) is 26.0 Å². The number of thiol groups is 1. The van der Waals surface area contributed by atoms with E-state index < -0.39 is 17.7 Å². The van der Waals surface area contributed by atoms with Gasteiger partial charge < -0.3 is 15.9 Å². The number of rotatable bonds is 5. The number of aromatic nitrogens is 2. The maximum Gasteiger partial charge on any atom is 0.434 e. The third-order valence-corrected chi connectivity index (χ3v) is 5.59. The van der Waals surface area contributed by atoms with Gasteiger partial charge in [0.2, 0.25) is 11.8 Å². The lowest BCUT2D eigenvalue weighted by Crippen LogP contribution is -2.20. The minimum Gasteiger partial charge on any atom is -0.391 e. The second kappa shape index (κ2) is 10.4. The number of nitrogens with zero attached hydrogens (tertiary/aromatic N) is 1. The summed E-state index contributed by atoms with van der Waals surface area (Å²) in [4.78, 5) is 22.4. The summed E-state index contributed by atoms with van der Waals surface area (Å²) in [6, 6.07) is 7.97. The van der Waals surface area contributed by atoms with Crippen LogP contribution in [0.25, 0.3) is 0 Å². The second-order valence-electron chi connectivity index (χ2n) is 7.24. The van der Waals surface area contributed by atoms with Crippen LogP contribution in [0.4, 0.5) is 4.39 Å². The molecular formula is C22H27FN4O3S. The van der Waals surface area contributed by atoms with Crippen molar-refractivity contribution in [1.29, 1.82) is 0 Å². The summed E-state index contributed by atoms with van der Waals surface area (Å²) in [6.45, 7) is 7.56. The molecule has 5 N–H and O–H groups in total. The highest BCUT2D eigenvalue weighted by atomic mass is 32.1. The lowest BCUT2D eigenvalue weighted by atomic mass is 9.88. The van der Waals surface area contributed by atoms with Crippen LogP contribution in [0.5, 0.6) is 0 Å². The molecular weight excluding hydrogens is 419 g/mol. The molecule has 0 saturated heterocycles. The van der Waals surface area contributed by atoms with Crippen molar-refractivity contribution in [2.24, 2.45) is 11.5 Å². The number of aromatic amines is 1. The Labute approximate surface area is 185 Å². The fraction of sp³-hybridized carbons (Fsp3) is 0.318. The minimum absolute atomic E-state index is 0.0813. The molecule has 2 atom stereocenters. The molecule has 0 aliphatic rings. The maximum atomic E-state index is 14.0. The zero-order valence-corrected chi connectivity index (χ0v) is 18.8. The van der Waals surface area contributed by atoms with E-state index in [0.717, 1.165) is 23.1 Å². The average Bonchev–Trinajstić information content (AvgIpc) is 3.17. The Hall–Kier alpha value is -2.91. The average molecular weight is 447 g/mol. The van der Waals surface area contributed by atoms with Crippen LogP contribution in [0.3, 0.4) is 0 Å². The van der Waals surface area contributed by atoms with Crippen molar-refractivity contribution in [3.8, 4) is 0 Å². The standard InChI is InChI=1S/C13H16FN3O2.C9H11NOS/c1-6-4-5-9(14)10(7(6)2)8(3)11(15)12-16-17-13(18)19-12;1-2-6-3-4-8(12)7(5-6)9(10)11/h4-5,8,11H,15H2,1-3H3,(H,17,18);3-5,12H,2H2,1H3,(H2,10,11). The third-order valence-electron chi connectivity index (χ3n) is 5.20. The maximum absolute atomic E-state index is 14.0. The number of hydrogen-bond acceptors (Lipinski definition) is 6. The van der Waals surface area contributed by atoms with Crippen LogP contribution in [0, 0.1) is 19.7 Å². The molecule has 1 heterocycles. The van der Waals surface area contributed by atoms with Gasteiger partial charge in [-0.25, -0.2) is 14.3 Å². The SMILES string of the molecule is CCc1ccc(S)c(C(N)=O)c1.Cc1ccc(F)c(C(C)C(N)c2n[nH]c(=O)o2)c1C. The number of nitrogens with one attached hydrogen (secondary N) is 1. The van der Waals surface area contributed by atoms with Gasteiger partial charge in [0.05, 0.1) is 11.6 Å². The number of primary amides is 1. The van der Waals surface area contributed by atoms with Gasteiger partial charge in [0.1, 0.15) is 5.82 Å². The molecule has 1 amide bonds. The van der Waals surface area contributed by atoms with Crippen LogP contribution in [-0.2, 0) is 6.42 Å². The van der Waals surface area contributed by atoms with Gasteiger partial charge in [0, 0.05) is 10.8 Å². The minimum atomic E-state index is -0.686. The van der Waals surface area contributed by atoms with Crippen molar-refractivity contribution >= 4 is 18.5 Å². The van der Waals surface area contributed by atoms with E-state index in [-0.39, 0.29) is 17.6 Å². The van der Waals surface area contributed by atoms with Gasteiger partial charge in [0.25, 0.3) is 0 Å². The summed E-state index contributed by atoms with van der Waals surface area (Å²) in [5.74, 6) is -1.68. The smallest absolute Gasteiger partial charge is 0.391 e. The summed E-state index contributed by atoms with van der Waals surface area (Å²) in [6.07, 6.45) is 0.897. The van der Waals surface area contributed by atoms with Gasteiger partial charge in [-0.2, -0.15) is 0 Å². The Morgan fingerprint density at radius 1 is 1.29 bits per heavy atom. The molecule has 2 unspecified atom stereocenters. The summed E-state index contributed by atoms with van der Waals surface area (Å²) in [5.41, 5.74) is 15.1. The number of benzene rings is 2. The molecule has 0 aliphatic carbocycles. The molecule has 0 fully saturated rings. The molecule has 3 rings (SSSR count). The zero-order valence-electron chi connectivity index (χ0n) is 17.9. The van der Waals surface area contributed by atoms with Crippen LogP contribution in [-0.4, -0.2) is 16.1 Å². The van der Waals surface area contributed by atoms with Crippen molar-refractivity contribution in [1.82, 2.24) is 10.2 Å². The highest BCUT2D eigenvalue weighted by Gasteiger charge is 2.25. The lowest BCUT2D eigenvalue weighted by Gasteiger charge is -2.20. The van der Waals surface area contributed by atoms with Crippen molar-refractivity contribution in [2.75, 3.05) is 0 Å². The molecule has 0 bridgehead atoms. The molecule has 3 aromatic rings. The fourth-order valence-corrected chi connectivity index (χ4v) is 3.39. The first-order chi connectivity index (χ1) is 14.6. The first kappa shape index (κ1) is 24.4. The van der Waals surface area contributed by atoms with Crippen LogP contribution in [0.15, 0.2) is 44.4 Å². The third kappa shape index (κ3) is 5.83. The number of amides is 1. The van der Waals surface area contributed by atoms with Gasteiger partial charge in [-0.05, 0) is 60.7 Å². The molecule has 7 nitrogen and oxygen atoms in total. The molecule has 0 radical (unpaired) electrons. The van der Waals surface area contributed by atoms with E-state index in [1.165, 1.54) is 6.07 Å². The van der Waals surface area contributed by atoms with Crippen molar-refractivity contribution in [3.05, 3.63) is 80.4 Å². The summed E-state index contributed by atoms with van der Waals surface area (Å²) in [7, 11) is 0. The molecule has 0 spiro atoms. The van der Waals surface area contributed by atoms with Crippen LogP contribution in [0.2, 0.25) is 0 Å². The Bertz CT molecular complexity index is 1130. The number of hydrogen-bond donors (Lipinski definition) is 4. The van der Waals surface area contributed by atoms with E-state index in [2.05, 4.69) is 22.8 Å². The van der Waals surface area contributed by atoms with E-state index in [0.29, 0.717) is 16.0 Å². The van der Waals surface area contributed by atoms with Gasteiger partial charge in [-0.15, -0.1) is 17.7 Å². The van der Waals surface area contributed by atoms with Gasteiger partial charge >= 0.3 is 5.76 Å². The second-order valence-corrected chi connectivity index (χ2v) is 7.72. The molecule has 1 aromatic heterocycles. The quantitative estimate of drug-likeness (QED) is 0.446. The van der Waals surface area contributed by atoms with Gasteiger partial charge in [-0.3, -0.25) is 4.79 Å². The summed E-state index contributed by atoms with van der Waals surface area (Å²) >= 11 is 4.12. The van der Waals surface area contributed by atoms with Crippen molar-refractivity contribution in [2.45, 2.75) is 51.0 Å². The summed E-state index contributed by atoms with van der Waals surface area (Å²) < 4.78 is 18.8. The number of nitrogens with two attached hydrogens (primary N) is 2. The molecule has 9 heteroatoms. The van der Waals surface area contributed by atoms with Crippen LogP contribution >= 0.6 is 12.6 Å². The number of carbonyl (C=O) groups excluding carboxylic acids is 1. The van der Waals surface area contributed by atoms with E-state index in [1.807, 2.05) is 26.8 Å². The van der Waals surface area contributed by atoms with E-state index in [4.69, 9.17) is 15.9 Å². The Morgan fingerprint density at radius 2 is 1.97 bits per heavy atom. The van der Waals surface area contributed by atoms with Crippen molar-refractivity contribution < 1.29 is 13.6 Å².